The van der Waals surface area contributed by atoms with E-state index in [2.05, 4.69) is 5.32 Å². The molecule has 4 nitrogen and oxygen atoms in total. The van der Waals surface area contributed by atoms with E-state index in [0.717, 1.165) is 31.4 Å². The molecule has 0 saturated carbocycles. The van der Waals surface area contributed by atoms with Crippen LogP contribution in [0, 0.1) is 11.6 Å². The van der Waals surface area contributed by atoms with Crippen LogP contribution in [0.3, 0.4) is 0 Å². The maximum absolute atomic E-state index is 14.1. The summed E-state index contributed by atoms with van der Waals surface area (Å²) in [5.41, 5.74) is 0.659. The van der Waals surface area contributed by atoms with Crippen LogP contribution in [0.5, 0.6) is 5.75 Å². The Kier molecular flexibility index (Phi) is 8.16. The lowest BCUT2D eigenvalue weighted by atomic mass is 10.0. The fraction of sp³-hybridized carbons (Fsp3) is 0.364. The molecule has 0 unspecified atom stereocenters. The topological polar surface area (TPSA) is 55.4 Å². The van der Waals surface area contributed by atoms with Crippen LogP contribution in [-0.2, 0) is 4.79 Å². The van der Waals surface area contributed by atoms with Crippen molar-refractivity contribution < 1.29 is 23.1 Å². The van der Waals surface area contributed by atoms with Gasteiger partial charge >= 0.3 is 5.97 Å². The van der Waals surface area contributed by atoms with Crippen LogP contribution in [0.1, 0.15) is 42.5 Å². The summed E-state index contributed by atoms with van der Waals surface area (Å²) >= 11 is 0. The van der Waals surface area contributed by atoms with Crippen molar-refractivity contribution in [3.05, 3.63) is 53.6 Å². The number of carbonyl (C=O) groups is 2. The monoisotopic (exact) mass is 451 g/mol. The van der Waals surface area contributed by atoms with Gasteiger partial charge < -0.3 is 10.1 Å². The van der Waals surface area contributed by atoms with Gasteiger partial charge in [-0.15, -0.1) is 0 Å². The summed E-state index contributed by atoms with van der Waals surface area (Å²) in [4.78, 5) is 24.5. The molecule has 8 heteroatoms. The number of hydrogen-bond donors (Lipinski definition) is 1. The Morgan fingerprint density at radius 2 is 2.00 bits per heavy atom. The van der Waals surface area contributed by atoms with Crippen molar-refractivity contribution in [2.45, 2.75) is 37.4 Å². The second-order valence-electron chi connectivity index (χ2n) is 6.96. The van der Waals surface area contributed by atoms with Gasteiger partial charge in [-0.05, 0) is 49.1 Å². The normalized spacial score (nSPS) is 15.8. The predicted octanol–water partition coefficient (Wildman–Crippen LogP) is 5.61. The molecular weight excluding hydrogens is 428 g/mol. The molecule has 0 radical (unpaired) electrons. The fourth-order valence-corrected chi connectivity index (χ4v) is 6.23. The lowest BCUT2D eigenvalue weighted by Crippen LogP contribution is -2.20. The van der Waals surface area contributed by atoms with Gasteiger partial charge in [0.25, 0.3) is 5.91 Å². The first-order valence-electron chi connectivity index (χ1n) is 9.78. The van der Waals surface area contributed by atoms with Gasteiger partial charge in [-0.3, -0.25) is 9.59 Å². The third-order valence-corrected chi connectivity index (χ3v) is 7.81. The van der Waals surface area contributed by atoms with E-state index in [1.807, 2.05) is 21.6 Å². The van der Waals surface area contributed by atoms with Crippen LogP contribution in [-0.4, -0.2) is 29.9 Å². The molecular formula is C22H23F2NO3S2. The van der Waals surface area contributed by atoms with E-state index < -0.39 is 23.5 Å². The molecule has 1 amide bonds. The van der Waals surface area contributed by atoms with E-state index in [1.165, 1.54) is 37.4 Å². The van der Waals surface area contributed by atoms with Crippen molar-refractivity contribution in [3.63, 3.8) is 0 Å². The van der Waals surface area contributed by atoms with E-state index >= 15 is 0 Å². The molecule has 1 N–H and O–H groups in total. The number of amides is 1. The Morgan fingerprint density at radius 1 is 1.17 bits per heavy atom. The summed E-state index contributed by atoms with van der Waals surface area (Å²) in [6.45, 7) is 0. The number of benzene rings is 2. The van der Waals surface area contributed by atoms with Gasteiger partial charge in [0.2, 0.25) is 0 Å². The standard InChI is InChI=1S/C22H23F2NO3S2/c1-25-22(27)18-12-14(17-8-7-15(23)13-19(17)24)6-9-20(18)28-21(26)5-3-2-4-16-10-11-29-30-16/h6-9,12-13,16H,2-5,10-11H2,1H3,(H,25,27)/t16-/m0/s1. The highest BCUT2D eigenvalue weighted by atomic mass is 33.1. The molecule has 0 aliphatic carbocycles. The summed E-state index contributed by atoms with van der Waals surface area (Å²) < 4.78 is 32.7. The predicted molar refractivity (Wildman–Crippen MR) is 118 cm³/mol. The molecule has 1 aliphatic rings. The summed E-state index contributed by atoms with van der Waals surface area (Å²) in [5.74, 6) is -0.974. The van der Waals surface area contributed by atoms with Crippen LogP contribution in [0.4, 0.5) is 8.78 Å². The largest absolute Gasteiger partial charge is 0.426 e. The minimum absolute atomic E-state index is 0.117. The number of esters is 1. The van der Waals surface area contributed by atoms with Gasteiger partial charge in [0, 0.05) is 36.1 Å². The third-order valence-electron chi connectivity index (χ3n) is 4.80. The molecule has 0 bridgehead atoms. The third kappa shape index (κ3) is 5.98. The van der Waals surface area contributed by atoms with E-state index in [1.54, 1.807) is 6.07 Å². The van der Waals surface area contributed by atoms with Crippen molar-refractivity contribution in [3.8, 4) is 16.9 Å². The Bertz CT molecular complexity index is 917. The average molecular weight is 452 g/mol. The fourth-order valence-electron chi connectivity index (χ4n) is 3.20. The highest BCUT2D eigenvalue weighted by molar-refractivity contribution is 8.77. The van der Waals surface area contributed by atoms with Crippen LogP contribution in [0.2, 0.25) is 0 Å². The maximum Gasteiger partial charge on any atom is 0.311 e. The molecule has 0 aromatic heterocycles. The molecule has 1 saturated heterocycles. The zero-order valence-electron chi connectivity index (χ0n) is 16.6. The Morgan fingerprint density at radius 3 is 2.70 bits per heavy atom. The zero-order chi connectivity index (χ0) is 21.5. The maximum atomic E-state index is 14.1. The first kappa shape index (κ1) is 22.6. The number of nitrogens with one attached hydrogen (secondary N) is 1. The van der Waals surface area contributed by atoms with Crippen molar-refractivity contribution in [1.82, 2.24) is 5.32 Å². The van der Waals surface area contributed by atoms with Crippen molar-refractivity contribution >= 4 is 33.5 Å². The second kappa shape index (κ2) is 10.8. The molecule has 1 atom stereocenters. The molecule has 30 heavy (non-hydrogen) atoms. The number of unbranched alkanes of at least 4 members (excludes halogenated alkanes) is 1. The van der Waals surface area contributed by atoms with E-state index in [-0.39, 0.29) is 23.3 Å². The van der Waals surface area contributed by atoms with E-state index in [9.17, 15) is 18.4 Å². The molecule has 0 spiro atoms. The SMILES string of the molecule is CNC(=O)c1cc(-c2ccc(F)cc2F)ccc1OC(=O)CCCC[C@H]1CCSS1. The molecule has 1 fully saturated rings. The lowest BCUT2D eigenvalue weighted by molar-refractivity contribution is -0.134. The molecule has 3 rings (SSSR count). The lowest BCUT2D eigenvalue weighted by Gasteiger charge is -2.12. The van der Waals surface area contributed by atoms with Crippen molar-refractivity contribution in [2.75, 3.05) is 12.8 Å². The first-order chi connectivity index (χ1) is 14.5. The molecule has 1 heterocycles. The number of rotatable bonds is 8. The van der Waals surface area contributed by atoms with Crippen LogP contribution < -0.4 is 10.1 Å². The molecule has 2 aromatic carbocycles. The zero-order valence-corrected chi connectivity index (χ0v) is 18.2. The molecule has 1 aliphatic heterocycles. The van der Waals surface area contributed by atoms with Crippen molar-refractivity contribution in [1.29, 1.82) is 0 Å². The van der Waals surface area contributed by atoms with Crippen LogP contribution in [0.25, 0.3) is 11.1 Å². The quantitative estimate of drug-likeness (QED) is 0.245. The Labute approximate surface area is 182 Å². The summed E-state index contributed by atoms with van der Waals surface area (Å²) in [6.07, 6.45) is 4.27. The summed E-state index contributed by atoms with van der Waals surface area (Å²) in [6, 6.07) is 7.68. The van der Waals surface area contributed by atoms with Gasteiger partial charge in [-0.25, -0.2) is 8.78 Å². The van der Waals surface area contributed by atoms with Gasteiger partial charge in [-0.2, -0.15) is 0 Å². The van der Waals surface area contributed by atoms with Crippen LogP contribution in [0.15, 0.2) is 36.4 Å². The highest BCUT2D eigenvalue weighted by Crippen LogP contribution is 2.40. The van der Waals surface area contributed by atoms with Gasteiger partial charge in [0.15, 0.2) is 0 Å². The number of ether oxygens (including phenoxy) is 1. The Hall–Kier alpha value is -2.06. The number of carbonyl (C=O) groups excluding carboxylic acids is 2. The van der Waals surface area contributed by atoms with E-state index in [4.69, 9.17) is 4.74 Å². The van der Waals surface area contributed by atoms with Crippen LogP contribution >= 0.6 is 21.6 Å². The molecule has 2 aromatic rings. The minimum atomic E-state index is -0.735. The van der Waals surface area contributed by atoms with Gasteiger partial charge in [0.05, 0.1) is 5.56 Å². The first-order valence-corrected chi connectivity index (χ1v) is 12.2. The minimum Gasteiger partial charge on any atom is -0.426 e. The van der Waals surface area contributed by atoms with Crippen molar-refractivity contribution in [2.24, 2.45) is 0 Å². The second-order valence-corrected chi connectivity index (χ2v) is 9.75. The van der Waals surface area contributed by atoms with E-state index in [0.29, 0.717) is 10.8 Å². The summed E-state index contributed by atoms with van der Waals surface area (Å²) in [5, 5.41) is 3.16. The number of hydrogen-bond acceptors (Lipinski definition) is 5. The molecule has 160 valence electrons. The van der Waals surface area contributed by atoms with Gasteiger partial charge in [-0.1, -0.05) is 34.1 Å². The summed E-state index contributed by atoms with van der Waals surface area (Å²) in [7, 11) is 5.28. The van der Waals surface area contributed by atoms with Gasteiger partial charge in [0.1, 0.15) is 17.4 Å². The Balaban J connectivity index is 1.67. The highest BCUT2D eigenvalue weighted by Gasteiger charge is 2.18. The number of halogens is 2. The smallest absolute Gasteiger partial charge is 0.311 e. The average Bonchev–Trinajstić information content (AvgIpc) is 3.25.